The van der Waals surface area contributed by atoms with E-state index in [2.05, 4.69) is 12.0 Å². The summed E-state index contributed by atoms with van der Waals surface area (Å²) in [6.45, 7) is 2.19. The highest BCUT2D eigenvalue weighted by atomic mass is 35.5. The molecule has 1 aromatic heterocycles. The third kappa shape index (κ3) is 1.35. The number of hydrogen-bond donors (Lipinski definition) is 1. The minimum Gasteiger partial charge on any atom is -0.322 e. The first-order valence-corrected chi connectivity index (χ1v) is 5.41. The average Bonchev–Trinajstić information content (AvgIpc) is 2.89. The van der Waals surface area contributed by atoms with E-state index in [0.717, 1.165) is 12.1 Å². The van der Waals surface area contributed by atoms with E-state index in [9.17, 15) is 0 Å². The van der Waals surface area contributed by atoms with Crippen LogP contribution in [0.25, 0.3) is 0 Å². The van der Waals surface area contributed by atoms with Crippen molar-refractivity contribution in [2.24, 2.45) is 18.2 Å². The van der Waals surface area contributed by atoms with Gasteiger partial charge in [-0.2, -0.15) is 5.10 Å². The van der Waals surface area contributed by atoms with Crippen LogP contribution in [-0.2, 0) is 7.05 Å². The lowest BCUT2D eigenvalue weighted by Gasteiger charge is -2.22. The second-order valence-electron chi connectivity index (χ2n) is 4.19. The summed E-state index contributed by atoms with van der Waals surface area (Å²) >= 11 is 6.07. The van der Waals surface area contributed by atoms with Gasteiger partial charge in [0.25, 0.3) is 0 Å². The molecule has 0 saturated heterocycles. The normalized spacial score (nSPS) is 20.9. The zero-order chi connectivity index (χ0) is 10.3. The molecule has 1 fully saturated rings. The molecule has 0 spiro atoms. The zero-order valence-electron chi connectivity index (χ0n) is 8.63. The fourth-order valence-electron chi connectivity index (χ4n) is 2.11. The fourth-order valence-corrected chi connectivity index (χ4v) is 2.39. The van der Waals surface area contributed by atoms with E-state index < -0.39 is 0 Å². The van der Waals surface area contributed by atoms with Gasteiger partial charge in [-0.05, 0) is 24.7 Å². The van der Waals surface area contributed by atoms with Gasteiger partial charge in [0.2, 0.25) is 0 Å². The molecule has 1 aliphatic carbocycles. The summed E-state index contributed by atoms with van der Waals surface area (Å²) in [6.07, 6.45) is 5.22. The molecule has 1 saturated carbocycles. The summed E-state index contributed by atoms with van der Waals surface area (Å²) in [5.41, 5.74) is 7.51. The first kappa shape index (κ1) is 9.99. The summed E-state index contributed by atoms with van der Waals surface area (Å²) in [5, 5.41) is 4.81. The van der Waals surface area contributed by atoms with Crippen LogP contribution in [0.1, 0.15) is 37.9 Å². The first-order chi connectivity index (χ1) is 6.60. The number of rotatable bonds is 3. The van der Waals surface area contributed by atoms with Crippen LogP contribution in [0.3, 0.4) is 0 Å². The van der Waals surface area contributed by atoms with Crippen molar-refractivity contribution < 1.29 is 0 Å². The SMILES string of the molecule is CCC1(C(N)c2c(Cl)cnn2C)CC1. The van der Waals surface area contributed by atoms with E-state index in [1.165, 1.54) is 12.8 Å². The molecule has 1 aliphatic rings. The zero-order valence-corrected chi connectivity index (χ0v) is 9.38. The molecule has 1 unspecified atom stereocenters. The van der Waals surface area contributed by atoms with E-state index in [1.54, 1.807) is 10.9 Å². The Hall–Kier alpha value is -0.540. The minimum absolute atomic E-state index is 0.0347. The van der Waals surface area contributed by atoms with Crippen LogP contribution < -0.4 is 5.73 Å². The molecule has 78 valence electrons. The molecule has 1 heterocycles. The van der Waals surface area contributed by atoms with E-state index in [1.807, 2.05) is 7.05 Å². The van der Waals surface area contributed by atoms with Crippen LogP contribution in [-0.4, -0.2) is 9.78 Å². The van der Waals surface area contributed by atoms with Crippen molar-refractivity contribution in [3.05, 3.63) is 16.9 Å². The molecule has 2 rings (SSSR count). The smallest absolute Gasteiger partial charge is 0.0834 e. The monoisotopic (exact) mass is 213 g/mol. The summed E-state index contributed by atoms with van der Waals surface area (Å²) in [4.78, 5) is 0. The highest BCUT2D eigenvalue weighted by Gasteiger charge is 2.48. The lowest BCUT2D eigenvalue weighted by Crippen LogP contribution is -2.25. The Morgan fingerprint density at radius 2 is 2.36 bits per heavy atom. The Labute approximate surface area is 89.2 Å². The molecule has 0 aromatic carbocycles. The lowest BCUT2D eigenvalue weighted by atomic mass is 9.92. The Kier molecular flexibility index (Phi) is 2.32. The van der Waals surface area contributed by atoms with Crippen molar-refractivity contribution in [3.63, 3.8) is 0 Å². The van der Waals surface area contributed by atoms with Gasteiger partial charge in [0.05, 0.1) is 23.0 Å². The molecular formula is C10H16ClN3. The maximum Gasteiger partial charge on any atom is 0.0834 e. The van der Waals surface area contributed by atoms with Gasteiger partial charge in [-0.25, -0.2) is 0 Å². The largest absolute Gasteiger partial charge is 0.322 e. The Bertz CT molecular complexity index is 322. The van der Waals surface area contributed by atoms with Gasteiger partial charge in [0, 0.05) is 7.05 Å². The third-order valence-corrected chi connectivity index (χ3v) is 3.78. The second kappa shape index (κ2) is 3.24. The number of halogens is 1. The molecular weight excluding hydrogens is 198 g/mol. The number of hydrogen-bond acceptors (Lipinski definition) is 2. The molecule has 3 nitrogen and oxygen atoms in total. The highest BCUT2D eigenvalue weighted by molar-refractivity contribution is 6.31. The molecule has 0 bridgehead atoms. The van der Waals surface area contributed by atoms with Gasteiger partial charge in [0.1, 0.15) is 0 Å². The van der Waals surface area contributed by atoms with Crippen LogP contribution in [0, 0.1) is 5.41 Å². The highest BCUT2D eigenvalue weighted by Crippen LogP contribution is 2.56. The van der Waals surface area contributed by atoms with Crippen LogP contribution in [0.15, 0.2) is 6.20 Å². The van der Waals surface area contributed by atoms with Crippen LogP contribution >= 0.6 is 11.6 Å². The van der Waals surface area contributed by atoms with Crippen LogP contribution in [0.2, 0.25) is 5.02 Å². The second-order valence-corrected chi connectivity index (χ2v) is 4.60. The van der Waals surface area contributed by atoms with Crippen molar-refractivity contribution in [1.29, 1.82) is 0 Å². The fraction of sp³-hybridized carbons (Fsp3) is 0.700. The number of aromatic nitrogens is 2. The quantitative estimate of drug-likeness (QED) is 0.837. The summed E-state index contributed by atoms with van der Waals surface area (Å²) in [6, 6.07) is 0.0347. The Balaban J connectivity index is 2.31. The minimum atomic E-state index is 0.0347. The van der Waals surface area contributed by atoms with E-state index in [-0.39, 0.29) is 11.5 Å². The molecule has 1 aromatic rings. The molecule has 1 atom stereocenters. The van der Waals surface area contributed by atoms with Gasteiger partial charge in [0.15, 0.2) is 0 Å². The van der Waals surface area contributed by atoms with Crippen molar-refractivity contribution in [2.75, 3.05) is 0 Å². The molecule has 4 heteroatoms. The molecule has 0 aliphatic heterocycles. The Morgan fingerprint density at radius 3 is 2.71 bits per heavy atom. The van der Waals surface area contributed by atoms with Crippen LogP contribution in [0.5, 0.6) is 0 Å². The van der Waals surface area contributed by atoms with Gasteiger partial charge in [-0.15, -0.1) is 0 Å². The number of nitrogens with two attached hydrogens (primary N) is 1. The summed E-state index contributed by atoms with van der Waals surface area (Å²) < 4.78 is 1.79. The van der Waals surface area contributed by atoms with E-state index >= 15 is 0 Å². The van der Waals surface area contributed by atoms with Crippen LogP contribution in [0.4, 0.5) is 0 Å². The standard InChI is InChI=1S/C10H16ClN3/c1-3-10(4-5-10)9(12)8-7(11)6-13-14(8)2/h6,9H,3-5,12H2,1-2H3. The molecule has 0 amide bonds. The molecule has 2 N–H and O–H groups in total. The lowest BCUT2D eigenvalue weighted by molar-refractivity contribution is 0.376. The maximum atomic E-state index is 6.25. The van der Waals surface area contributed by atoms with Gasteiger partial charge >= 0.3 is 0 Å². The Morgan fingerprint density at radius 1 is 1.71 bits per heavy atom. The predicted octanol–water partition coefficient (Wildman–Crippen LogP) is 2.26. The average molecular weight is 214 g/mol. The van der Waals surface area contributed by atoms with Crippen molar-refractivity contribution in [2.45, 2.75) is 32.2 Å². The summed E-state index contributed by atoms with van der Waals surface area (Å²) in [7, 11) is 1.90. The third-order valence-electron chi connectivity index (χ3n) is 3.49. The van der Waals surface area contributed by atoms with Crippen molar-refractivity contribution in [1.82, 2.24) is 9.78 Å². The van der Waals surface area contributed by atoms with Crippen molar-refractivity contribution >= 4 is 11.6 Å². The summed E-state index contributed by atoms with van der Waals surface area (Å²) in [5.74, 6) is 0. The number of nitrogens with zero attached hydrogens (tertiary/aromatic N) is 2. The predicted molar refractivity (Wildman–Crippen MR) is 57.1 cm³/mol. The van der Waals surface area contributed by atoms with Crippen molar-refractivity contribution in [3.8, 4) is 0 Å². The van der Waals surface area contributed by atoms with E-state index in [4.69, 9.17) is 17.3 Å². The maximum absolute atomic E-state index is 6.25. The molecule has 0 radical (unpaired) electrons. The van der Waals surface area contributed by atoms with E-state index in [0.29, 0.717) is 5.02 Å². The topological polar surface area (TPSA) is 43.8 Å². The van der Waals surface area contributed by atoms with Gasteiger partial charge in [-0.1, -0.05) is 18.5 Å². The first-order valence-electron chi connectivity index (χ1n) is 5.04. The number of aryl methyl sites for hydroxylation is 1. The molecule has 14 heavy (non-hydrogen) atoms. The van der Waals surface area contributed by atoms with Gasteiger partial charge < -0.3 is 5.73 Å². The van der Waals surface area contributed by atoms with Gasteiger partial charge in [-0.3, -0.25) is 4.68 Å².